The number of amides is 1. The molecule has 1 amide bonds. The predicted molar refractivity (Wildman–Crippen MR) is 146 cm³/mol. The molecular formula is C25H32Cl2N8O2. The Morgan fingerprint density at radius 1 is 1.11 bits per heavy atom. The largest absolute Gasteiger partial charge is 0.424 e. The highest BCUT2D eigenvalue weighted by Gasteiger charge is 2.35. The number of rotatable bonds is 5. The van der Waals surface area contributed by atoms with E-state index in [1.807, 2.05) is 4.90 Å². The first-order valence-electron chi connectivity index (χ1n) is 12.4. The molecule has 12 heteroatoms. The van der Waals surface area contributed by atoms with Gasteiger partial charge in [-0.05, 0) is 43.5 Å². The topological polar surface area (TPSA) is 136 Å². The molecule has 0 unspecified atom stereocenters. The lowest BCUT2D eigenvalue weighted by atomic mass is 9.97. The minimum atomic E-state index is -0.358. The molecule has 1 atom stereocenters. The number of nitrogens with zero attached hydrogens (tertiary/aromatic N) is 5. The highest BCUT2D eigenvalue weighted by molar-refractivity contribution is 6.32. The first-order chi connectivity index (χ1) is 17.7. The number of hydrogen-bond acceptors (Lipinski definition) is 9. The van der Waals surface area contributed by atoms with Crippen molar-refractivity contribution in [1.29, 1.82) is 10.8 Å². The number of nitrogen functional groups attached to an aromatic ring is 1. The van der Waals surface area contributed by atoms with E-state index in [2.05, 4.69) is 26.7 Å². The molecule has 1 aromatic heterocycles. The minimum Gasteiger partial charge on any atom is -0.424 e. The van der Waals surface area contributed by atoms with Crippen LogP contribution in [0, 0.1) is 10.8 Å². The van der Waals surface area contributed by atoms with Gasteiger partial charge in [-0.25, -0.2) is 9.97 Å². The van der Waals surface area contributed by atoms with Crippen LogP contribution in [0.3, 0.4) is 0 Å². The van der Waals surface area contributed by atoms with Crippen LogP contribution >= 0.6 is 23.2 Å². The van der Waals surface area contributed by atoms with E-state index in [9.17, 15) is 4.79 Å². The average Bonchev–Trinajstić information content (AvgIpc) is 2.89. The molecule has 198 valence electrons. The van der Waals surface area contributed by atoms with Gasteiger partial charge in [0, 0.05) is 62.3 Å². The smallest absolute Gasteiger partial charge is 0.253 e. The number of likely N-dealkylation sites (tertiary alicyclic amines) is 1. The molecular weight excluding hydrogens is 515 g/mol. The van der Waals surface area contributed by atoms with Crippen LogP contribution in [0.1, 0.15) is 49.2 Å². The van der Waals surface area contributed by atoms with E-state index in [1.54, 1.807) is 24.3 Å². The van der Waals surface area contributed by atoms with Crippen LogP contribution in [-0.2, 0) is 4.74 Å². The van der Waals surface area contributed by atoms with E-state index in [0.29, 0.717) is 35.0 Å². The SMILES string of the molecule is CC[C@H]1CN(c2nc(N)c(C(=N)OC(C)=N)nc2Cl)CCN1C1CCN(C(=O)c2ccc(Cl)cc2)CC1. The first kappa shape index (κ1) is 27.1. The predicted octanol–water partition coefficient (Wildman–Crippen LogP) is 3.91. The molecule has 2 saturated heterocycles. The van der Waals surface area contributed by atoms with Gasteiger partial charge in [-0.3, -0.25) is 20.5 Å². The lowest BCUT2D eigenvalue weighted by Crippen LogP contribution is -2.58. The molecule has 3 heterocycles. The lowest BCUT2D eigenvalue weighted by molar-refractivity contribution is 0.0491. The Kier molecular flexibility index (Phi) is 8.51. The van der Waals surface area contributed by atoms with E-state index < -0.39 is 0 Å². The molecule has 2 aromatic rings. The molecule has 2 aliphatic heterocycles. The van der Waals surface area contributed by atoms with Gasteiger partial charge in [-0.2, -0.15) is 0 Å². The van der Waals surface area contributed by atoms with E-state index in [0.717, 1.165) is 45.4 Å². The van der Waals surface area contributed by atoms with Crippen molar-refractivity contribution in [3.63, 3.8) is 0 Å². The summed E-state index contributed by atoms with van der Waals surface area (Å²) in [6, 6.07) is 7.75. The van der Waals surface area contributed by atoms with E-state index in [1.165, 1.54) is 6.92 Å². The number of aromatic nitrogens is 2. The van der Waals surface area contributed by atoms with Crippen molar-refractivity contribution < 1.29 is 9.53 Å². The molecule has 0 radical (unpaired) electrons. The molecule has 0 saturated carbocycles. The van der Waals surface area contributed by atoms with Gasteiger partial charge in [0.05, 0.1) is 0 Å². The number of hydrogen-bond donors (Lipinski definition) is 3. The molecule has 2 aliphatic rings. The van der Waals surface area contributed by atoms with Crippen LogP contribution in [-0.4, -0.2) is 82.3 Å². The quantitative estimate of drug-likeness (QED) is 0.382. The van der Waals surface area contributed by atoms with Gasteiger partial charge in [0.25, 0.3) is 5.91 Å². The summed E-state index contributed by atoms with van der Waals surface area (Å²) in [5.41, 5.74) is 6.76. The van der Waals surface area contributed by atoms with Crippen molar-refractivity contribution in [3.8, 4) is 0 Å². The van der Waals surface area contributed by atoms with Gasteiger partial charge >= 0.3 is 0 Å². The Bertz CT molecular complexity index is 1170. The summed E-state index contributed by atoms with van der Waals surface area (Å²) in [6.07, 6.45) is 2.80. The van der Waals surface area contributed by atoms with E-state index >= 15 is 0 Å². The monoisotopic (exact) mass is 546 g/mol. The Balaban J connectivity index is 1.39. The fraction of sp³-hybridized carbons (Fsp3) is 0.480. The summed E-state index contributed by atoms with van der Waals surface area (Å²) in [4.78, 5) is 28.1. The molecule has 10 nitrogen and oxygen atoms in total. The highest BCUT2D eigenvalue weighted by Crippen LogP contribution is 2.30. The summed E-state index contributed by atoms with van der Waals surface area (Å²) >= 11 is 12.4. The normalized spacial score (nSPS) is 19.1. The number of ether oxygens (including phenoxy) is 1. The maximum atomic E-state index is 12.9. The second-order valence-electron chi connectivity index (χ2n) is 9.34. The van der Waals surface area contributed by atoms with E-state index in [4.69, 9.17) is 44.5 Å². The lowest BCUT2D eigenvalue weighted by Gasteiger charge is -2.47. The van der Waals surface area contributed by atoms with Crippen molar-refractivity contribution in [2.24, 2.45) is 0 Å². The Labute approximate surface area is 226 Å². The number of nitrogens with one attached hydrogen (secondary N) is 2. The first-order valence-corrected chi connectivity index (χ1v) is 13.1. The molecule has 4 rings (SSSR count). The number of carbonyl (C=O) groups excluding carboxylic acids is 1. The molecule has 0 aliphatic carbocycles. The van der Waals surface area contributed by atoms with Gasteiger partial charge in [-0.1, -0.05) is 30.1 Å². The fourth-order valence-electron chi connectivity index (χ4n) is 5.07. The third kappa shape index (κ3) is 6.14. The van der Waals surface area contributed by atoms with Gasteiger partial charge in [0.1, 0.15) is 0 Å². The Morgan fingerprint density at radius 3 is 2.41 bits per heavy atom. The van der Waals surface area contributed by atoms with Crippen LogP contribution in [0.4, 0.5) is 11.6 Å². The molecule has 4 N–H and O–H groups in total. The number of carbonyl (C=O) groups is 1. The summed E-state index contributed by atoms with van der Waals surface area (Å²) in [5, 5.41) is 16.1. The summed E-state index contributed by atoms with van der Waals surface area (Å²) in [5.74, 6) is 0.0784. The van der Waals surface area contributed by atoms with Crippen LogP contribution in [0.15, 0.2) is 24.3 Å². The number of piperazine rings is 1. The second kappa shape index (κ2) is 11.6. The standard InChI is InChI=1S/C25H32Cl2N8O2/c1-3-18-14-34(24-21(27)31-20(22(29)32-24)23(30)37-15(2)28)12-13-35(18)19-8-10-33(11-9-19)25(36)16-4-6-17(26)7-5-16/h4-7,18-19,28,30H,3,8-14H2,1-2H3,(H2,29,32)/t18-/m0/s1. The van der Waals surface area contributed by atoms with E-state index in [-0.39, 0.29) is 34.4 Å². The zero-order valence-electron chi connectivity index (χ0n) is 21.0. The third-order valence-electron chi connectivity index (χ3n) is 6.94. The Morgan fingerprint density at radius 2 is 1.78 bits per heavy atom. The van der Waals surface area contributed by atoms with Crippen LogP contribution in [0.5, 0.6) is 0 Å². The fourth-order valence-corrected chi connectivity index (χ4v) is 5.44. The molecule has 0 bridgehead atoms. The highest BCUT2D eigenvalue weighted by atomic mass is 35.5. The Hall–Kier alpha value is -2.95. The average molecular weight is 547 g/mol. The van der Waals surface area contributed by atoms with Crippen molar-refractivity contribution in [1.82, 2.24) is 19.8 Å². The third-order valence-corrected chi connectivity index (χ3v) is 7.45. The second-order valence-corrected chi connectivity index (χ2v) is 10.1. The summed E-state index contributed by atoms with van der Waals surface area (Å²) in [6.45, 7) is 7.30. The van der Waals surface area contributed by atoms with Gasteiger partial charge in [0.15, 0.2) is 28.4 Å². The van der Waals surface area contributed by atoms with Crippen molar-refractivity contribution in [2.45, 2.75) is 45.2 Å². The van der Waals surface area contributed by atoms with Crippen molar-refractivity contribution in [3.05, 3.63) is 45.7 Å². The van der Waals surface area contributed by atoms with Crippen LogP contribution < -0.4 is 10.6 Å². The number of halogens is 2. The summed E-state index contributed by atoms with van der Waals surface area (Å²) in [7, 11) is 0. The van der Waals surface area contributed by atoms with Gasteiger partial charge < -0.3 is 20.3 Å². The zero-order chi connectivity index (χ0) is 26.7. The maximum absolute atomic E-state index is 12.9. The molecule has 37 heavy (non-hydrogen) atoms. The minimum absolute atomic E-state index is 0.0194. The van der Waals surface area contributed by atoms with Gasteiger partial charge in [0.2, 0.25) is 5.90 Å². The summed E-state index contributed by atoms with van der Waals surface area (Å²) < 4.78 is 5.00. The molecule has 2 fully saturated rings. The number of benzene rings is 1. The van der Waals surface area contributed by atoms with Crippen molar-refractivity contribution >= 4 is 52.5 Å². The van der Waals surface area contributed by atoms with Crippen LogP contribution in [0.2, 0.25) is 10.2 Å². The van der Waals surface area contributed by atoms with Crippen LogP contribution in [0.25, 0.3) is 0 Å². The number of nitrogens with two attached hydrogens (primary N) is 1. The molecule has 0 spiro atoms. The number of piperidine rings is 1. The zero-order valence-corrected chi connectivity index (χ0v) is 22.5. The maximum Gasteiger partial charge on any atom is 0.253 e. The molecule has 1 aromatic carbocycles. The number of anilines is 2. The van der Waals surface area contributed by atoms with Crippen molar-refractivity contribution in [2.75, 3.05) is 43.4 Å². The van der Waals surface area contributed by atoms with Gasteiger partial charge in [-0.15, -0.1) is 0 Å².